The summed E-state index contributed by atoms with van der Waals surface area (Å²) in [4.78, 5) is 14.4. The molecular formula is C23H27FN2O2S. The minimum atomic E-state index is -0.323. The van der Waals surface area contributed by atoms with Crippen LogP contribution in [0.25, 0.3) is 6.08 Å². The van der Waals surface area contributed by atoms with Gasteiger partial charge in [0.2, 0.25) is 5.91 Å². The molecular weight excluding hydrogens is 387 g/mol. The SMILES string of the molecule is CC(CNC(=O)/C=C/c1cccc(F)c1)Oc1cccc(CN2CCSCC2)c1. The molecule has 1 N–H and O–H groups in total. The predicted octanol–water partition coefficient (Wildman–Crippen LogP) is 3.97. The first-order valence-electron chi connectivity index (χ1n) is 9.86. The van der Waals surface area contributed by atoms with Gasteiger partial charge in [0.25, 0.3) is 0 Å². The molecule has 154 valence electrons. The van der Waals surface area contributed by atoms with Crippen LogP contribution in [0, 0.1) is 5.82 Å². The van der Waals surface area contributed by atoms with Gasteiger partial charge >= 0.3 is 0 Å². The molecule has 1 heterocycles. The fraction of sp³-hybridized carbons (Fsp3) is 0.348. The maximum atomic E-state index is 13.2. The molecule has 1 atom stereocenters. The molecule has 1 unspecified atom stereocenters. The van der Waals surface area contributed by atoms with Gasteiger partial charge in [0.15, 0.2) is 0 Å². The number of hydrogen-bond donors (Lipinski definition) is 1. The van der Waals surface area contributed by atoms with Crippen molar-refractivity contribution < 1.29 is 13.9 Å². The van der Waals surface area contributed by atoms with Crippen LogP contribution in [0.2, 0.25) is 0 Å². The van der Waals surface area contributed by atoms with E-state index < -0.39 is 0 Å². The van der Waals surface area contributed by atoms with Crippen LogP contribution in [-0.4, -0.2) is 48.1 Å². The van der Waals surface area contributed by atoms with Gasteiger partial charge in [-0.25, -0.2) is 4.39 Å². The number of rotatable bonds is 8. The van der Waals surface area contributed by atoms with Crippen LogP contribution in [0.4, 0.5) is 4.39 Å². The van der Waals surface area contributed by atoms with Gasteiger partial charge in [-0.15, -0.1) is 0 Å². The summed E-state index contributed by atoms with van der Waals surface area (Å²) in [6.45, 7) is 5.50. The van der Waals surface area contributed by atoms with Crippen LogP contribution >= 0.6 is 11.8 Å². The van der Waals surface area contributed by atoms with Crippen LogP contribution < -0.4 is 10.1 Å². The quantitative estimate of drug-likeness (QED) is 0.664. The van der Waals surface area contributed by atoms with Gasteiger partial charge in [0.1, 0.15) is 17.7 Å². The molecule has 1 saturated heterocycles. The van der Waals surface area contributed by atoms with Gasteiger partial charge in [-0.1, -0.05) is 24.3 Å². The average molecular weight is 415 g/mol. The smallest absolute Gasteiger partial charge is 0.244 e. The Kier molecular flexibility index (Phi) is 8.14. The Morgan fingerprint density at radius 2 is 2.03 bits per heavy atom. The fourth-order valence-electron chi connectivity index (χ4n) is 3.09. The van der Waals surface area contributed by atoms with Crippen molar-refractivity contribution in [3.05, 3.63) is 71.6 Å². The van der Waals surface area contributed by atoms with Gasteiger partial charge in [-0.3, -0.25) is 9.69 Å². The lowest BCUT2D eigenvalue weighted by Gasteiger charge is -2.26. The molecule has 0 bridgehead atoms. The second kappa shape index (κ2) is 11.0. The van der Waals surface area contributed by atoms with Crippen LogP contribution in [0.5, 0.6) is 5.75 Å². The van der Waals surface area contributed by atoms with Crippen molar-refractivity contribution in [3.63, 3.8) is 0 Å². The van der Waals surface area contributed by atoms with Gasteiger partial charge in [0.05, 0.1) is 6.54 Å². The minimum Gasteiger partial charge on any atom is -0.489 e. The van der Waals surface area contributed by atoms with Crippen LogP contribution in [-0.2, 0) is 11.3 Å². The van der Waals surface area contributed by atoms with Crippen molar-refractivity contribution in [3.8, 4) is 5.75 Å². The molecule has 4 nitrogen and oxygen atoms in total. The molecule has 0 aliphatic carbocycles. The van der Waals surface area contributed by atoms with Crippen molar-refractivity contribution in [1.29, 1.82) is 0 Å². The van der Waals surface area contributed by atoms with E-state index in [-0.39, 0.29) is 17.8 Å². The number of amides is 1. The number of hydrogen-bond acceptors (Lipinski definition) is 4. The summed E-state index contributed by atoms with van der Waals surface area (Å²) >= 11 is 2.01. The Bertz CT molecular complexity index is 837. The summed E-state index contributed by atoms with van der Waals surface area (Å²) in [5.74, 6) is 2.64. The zero-order valence-corrected chi connectivity index (χ0v) is 17.5. The number of halogens is 1. The second-order valence-electron chi connectivity index (χ2n) is 7.10. The zero-order valence-electron chi connectivity index (χ0n) is 16.6. The Morgan fingerprint density at radius 3 is 2.83 bits per heavy atom. The lowest BCUT2D eigenvalue weighted by molar-refractivity contribution is -0.116. The number of nitrogens with one attached hydrogen (secondary N) is 1. The van der Waals surface area contributed by atoms with E-state index in [4.69, 9.17) is 4.74 Å². The van der Waals surface area contributed by atoms with Crippen molar-refractivity contribution >= 4 is 23.7 Å². The fourth-order valence-corrected chi connectivity index (χ4v) is 4.07. The normalized spacial score (nSPS) is 15.9. The van der Waals surface area contributed by atoms with Gasteiger partial charge < -0.3 is 10.1 Å². The second-order valence-corrected chi connectivity index (χ2v) is 8.32. The molecule has 0 spiro atoms. The lowest BCUT2D eigenvalue weighted by Crippen LogP contribution is -2.32. The van der Waals surface area contributed by atoms with Crippen LogP contribution in [0.15, 0.2) is 54.6 Å². The molecule has 1 fully saturated rings. The largest absolute Gasteiger partial charge is 0.489 e. The predicted molar refractivity (Wildman–Crippen MR) is 118 cm³/mol. The number of nitrogens with zero attached hydrogens (tertiary/aromatic N) is 1. The highest BCUT2D eigenvalue weighted by Gasteiger charge is 2.11. The molecule has 29 heavy (non-hydrogen) atoms. The lowest BCUT2D eigenvalue weighted by atomic mass is 10.2. The van der Waals surface area contributed by atoms with E-state index >= 15 is 0 Å². The Hall–Kier alpha value is -2.31. The first kappa shape index (κ1) is 21.4. The first-order chi connectivity index (χ1) is 14.1. The summed E-state index contributed by atoms with van der Waals surface area (Å²) in [7, 11) is 0. The highest BCUT2D eigenvalue weighted by Crippen LogP contribution is 2.18. The number of carbonyl (C=O) groups is 1. The molecule has 2 aromatic rings. The minimum absolute atomic E-state index is 0.164. The summed E-state index contributed by atoms with van der Waals surface area (Å²) in [5, 5.41) is 2.81. The zero-order chi connectivity index (χ0) is 20.5. The molecule has 0 aromatic heterocycles. The highest BCUT2D eigenvalue weighted by molar-refractivity contribution is 7.99. The molecule has 6 heteroatoms. The Balaban J connectivity index is 1.44. The van der Waals surface area contributed by atoms with Crippen LogP contribution in [0.1, 0.15) is 18.1 Å². The summed E-state index contributed by atoms with van der Waals surface area (Å²) < 4.78 is 19.1. The summed E-state index contributed by atoms with van der Waals surface area (Å²) in [5.41, 5.74) is 1.89. The Morgan fingerprint density at radius 1 is 1.24 bits per heavy atom. The van der Waals surface area contributed by atoms with Gasteiger partial charge in [0, 0.05) is 37.2 Å². The number of ether oxygens (including phenoxy) is 1. The van der Waals surface area contributed by atoms with Crippen molar-refractivity contribution in [2.45, 2.75) is 19.6 Å². The highest BCUT2D eigenvalue weighted by atomic mass is 32.2. The van der Waals surface area contributed by atoms with E-state index in [2.05, 4.69) is 22.3 Å². The summed E-state index contributed by atoms with van der Waals surface area (Å²) in [6.07, 6.45) is 2.83. The van der Waals surface area contributed by atoms with E-state index in [1.807, 2.05) is 30.8 Å². The third-order valence-electron chi connectivity index (χ3n) is 4.59. The third-order valence-corrected chi connectivity index (χ3v) is 5.53. The average Bonchev–Trinajstić information content (AvgIpc) is 2.72. The molecule has 1 aliphatic heterocycles. The number of carbonyl (C=O) groups excluding carboxylic acids is 1. The molecule has 2 aromatic carbocycles. The van der Waals surface area contributed by atoms with Crippen molar-refractivity contribution in [1.82, 2.24) is 10.2 Å². The van der Waals surface area contributed by atoms with E-state index in [0.717, 1.165) is 25.4 Å². The monoisotopic (exact) mass is 414 g/mol. The van der Waals surface area contributed by atoms with E-state index in [1.165, 1.54) is 35.3 Å². The molecule has 3 rings (SSSR count). The number of benzene rings is 2. The van der Waals surface area contributed by atoms with Crippen molar-refractivity contribution in [2.24, 2.45) is 0 Å². The topological polar surface area (TPSA) is 41.6 Å². The Labute approximate surface area is 176 Å². The van der Waals surface area contributed by atoms with Gasteiger partial charge in [-0.05, 0) is 48.4 Å². The van der Waals surface area contributed by atoms with E-state index in [0.29, 0.717) is 12.1 Å². The maximum absolute atomic E-state index is 13.2. The molecule has 0 saturated carbocycles. The van der Waals surface area contributed by atoms with Gasteiger partial charge in [-0.2, -0.15) is 11.8 Å². The summed E-state index contributed by atoms with van der Waals surface area (Å²) in [6, 6.07) is 14.3. The molecule has 1 amide bonds. The van der Waals surface area contributed by atoms with E-state index in [9.17, 15) is 9.18 Å². The maximum Gasteiger partial charge on any atom is 0.244 e. The molecule has 0 radical (unpaired) electrons. The van der Waals surface area contributed by atoms with E-state index in [1.54, 1.807) is 18.2 Å². The standard InChI is InChI=1S/C23H27FN2O2S/c1-18(16-25-23(27)9-8-19-4-2-6-21(24)14-19)28-22-7-3-5-20(15-22)17-26-10-12-29-13-11-26/h2-9,14-15,18H,10-13,16-17H2,1H3,(H,25,27)/b9-8+. The molecule has 1 aliphatic rings. The van der Waals surface area contributed by atoms with Crippen LogP contribution in [0.3, 0.4) is 0 Å². The number of thioether (sulfide) groups is 1. The third kappa shape index (κ3) is 7.55. The first-order valence-corrected chi connectivity index (χ1v) is 11.0. The van der Waals surface area contributed by atoms with Crippen molar-refractivity contribution in [2.75, 3.05) is 31.1 Å².